The summed E-state index contributed by atoms with van der Waals surface area (Å²) in [6, 6.07) is 7.07. The van der Waals surface area contributed by atoms with Crippen LogP contribution in [0.5, 0.6) is 5.75 Å². The van der Waals surface area contributed by atoms with Crippen molar-refractivity contribution >= 4 is 11.7 Å². The SMILES string of the molecule is COc1cccc(NC(=O)N2CC[C@H](C(C)(C)C)[C@H](O)C2)c1. The highest BCUT2D eigenvalue weighted by Gasteiger charge is 2.37. The van der Waals surface area contributed by atoms with Crippen LogP contribution in [0.3, 0.4) is 0 Å². The molecule has 0 unspecified atom stereocenters. The van der Waals surface area contributed by atoms with E-state index in [-0.39, 0.29) is 17.4 Å². The summed E-state index contributed by atoms with van der Waals surface area (Å²) in [5, 5.41) is 13.2. The van der Waals surface area contributed by atoms with Gasteiger partial charge in [0.05, 0.1) is 13.2 Å². The van der Waals surface area contributed by atoms with Crippen molar-refractivity contribution in [1.82, 2.24) is 4.90 Å². The molecule has 1 fully saturated rings. The van der Waals surface area contributed by atoms with Crippen molar-refractivity contribution in [3.05, 3.63) is 24.3 Å². The molecule has 0 radical (unpaired) electrons. The maximum atomic E-state index is 12.3. The van der Waals surface area contributed by atoms with Crippen molar-refractivity contribution in [1.29, 1.82) is 0 Å². The molecule has 0 bridgehead atoms. The topological polar surface area (TPSA) is 61.8 Å². The number of anilines is 1. The van der Waals surface area contributed by atoms with Gasteiger partial charge in [0.25, 0.3) is 0 Å². The lowest BCUT2D eigenvalue weighted by Gasteiger charge is -2.42. The summed E-state index contributed by atoms with van der Waals surface area (Å²) in [6.45, 7) is 7.43. The molecular weight excluding hydrogens is 280 g/mol. The summed E-state index contributed by atoms with van der Waals surface area (Å²) in [7, 11) is 1.59. The number of benzene rings is 1. The number of nitrogens with one attached hydrogen (secondary N) is 1. The van der Waals surface area contributed by atoms with Crippen LogP contribution in [0.2, 0.25) is 0 Å². The molecule has 1 aliphatic heterocycles. The first-order valence-electron chi connectivity index (χ1n) is 7.69. The van der Waals surface area contributed by atoms with Gasteiger partial charge in [0.15, 0.2) is 0 Å². The molecule has 1 aromatic rings. The van der Waals surface area contributed by atoms with E-state index >= 15 is 0 Å². The zero-order valence-corrected chi connectivity index (χ0v) is 13.8. The number of hydrogen-bond donors (Lipinski definition) is 2. The number of aliphatic hydroxyl groups is 1. The fraction of sp³-hybridized carbons (Fsp3) is 0.588. The molecule has 5 heteroatoms. The van der Waals surface area contributed by atoms with Gasteiger partial charge in [-0.05, 0) is 29.9 Å². The Morgan fingerprint density at radius 3 is 2.73 bits per heavy atom. The van der Waals surface area contributed by atoms with Crippen molar-refractivity contribution in [3.63, 3.8) is 0 Å². The number of methoxy groups -OCH3 is 1. The van der Waals surface area contributed by atoms with E-state index in [2.05, 4.69) is 26.1 Å². The molecule has 0 saturated carbocycles. The normalized spacial score (nSPS) is 22.3. The number of urea groups is 1. The van der Waals surface area contributed by atoms with Crippen molar-refractivity contribution in [2.75, 3.05) is 25.5 Å². The summed E-state index contributed by atoms with van der Waals surface area (Å²) in [4.78, 5) is 14.0. The monoisotopic (exact) mass is 306 g/mol. The number of carbonyl (C=O) groups excluding carboxylic acids is 1. The van der Waals surface area contributed by atoms with Crippen molar-refractivity contribution < 1.29 is 14.6 Å². The van der Waals surface area contributed by atoms with Gasteiger partial charge in [0, 0.05) is 24.8 Å². The number of hydrogen-bond acceptors (Lipinski definition) is 3. The third-order valence-corrected chi connectivity index (χ3v) is 4.30. The summed E-state index contributed by atoms with van der Waals surface area (Å²) in [5.74, 6) is 0.914. The maximum Gasteiger partial charge on any atom is 0.321 e. The summed E-state index contributed by atoms with van der Waals surface area (Å²) in [5.41, 5.74) is 0.742. The molecule has 1 heterocycles. The minimum absolute atomic E-state index is 0.0504. The van der Waals surface area contributed by atoms with E-state index in [1.54, 1.807) is 18.1 Å². The molecule has 0 aromatic heterocycles. The van der Waals surface area contributed by atoms with E-state index in [1.807, 2.05) is 18.2 Å². The quantitative estimate of drug-likeness (QED) is 0.883. The van der Waals surface area contributed by atoms with E-state index in [9.17, 15) is 9.90 Å². The number of ether oxygens (including phenoxy) is 1. The van der Waals surface area contributed by atoms with Crippen LogP contribution in [0.1, 0.15) is 27.2 Å². The van der Waals surface area contributed by atoms with Crippen LogP contribution in [0.15, 0.2) is 24.3 Å². The van der Waals surface area contributed by atoms with Crippen LogP contribution < -0.4 is 10.1 Å². The maximum absolute atomic E-state index is 12.3. The van der Waals surface area contributed by atoms with Gasteiger partial charge >= 0.3 is 6.03 Å². The summed E-state index contributed by atoms with van der Waals surface area (Å²) < 4.78 is 5.15. The van der Waals surface area contributed by atoms with Crippen molar-refractivity contribution in [2.45, 2.75) is 33.3 Å². The molecule has 122 valence electrons. The minimum atomic E-state index is -0.482. The third kappa shape index (κ3) is 3.91. The third-order valence-electron chi connectivity index (χ3n) is 4.30. The second-order valence-electron chi connectivity index (χ2n) is 6.94. The van der Waals surface area contributed by atoms with Gasteiger partial charge in [-0.2, -0.15) is 0 Å². The van der Waals surface area contributed by atoms with Crippen LogP contribution in [0, 0.1) is 11.3 Å². The van der Waals surface area contributed by atoms with E-state index in [1.165, 1.54) is 0 Å². The molecule has 2 rings (SSSR count). The number of β-amino-alcohol motifs (C(OH)–C–C–N with tert-alkyl or cyclic N) is 1. The number of amides is 2. The van der Waals surface area contributed by atoms with E-state index < -0.39 is 6.10 Å². The van der Waals surface area contributed by atoms with Crippen molar-refractivity contribution in [3.8, 4) is 5.75 Å². The molecule has 5 nitrogen and oxygen atoms in total. The van der Waals surface area contributed by atoms with Crippen LogP contribution in [0.4, 0.5) is 10.5 Å². The van der Waals surface area contributed by atoms with E-state index in [4.69, 9.17) is 4.74 Å². The average Bonchev–Trinajstić information content (AvgIpc) is 2.46. The smallest absolute Gasteiger partial charge is 0.321 e. The van der Waals surface area contributed by atoms with Gasteiger partial charge in [-0.3, -0.25) is 0 Å². The molecule has 2 atom stereocenters. The number of carbonyl (C=O) groups is 1. The summed E-state index contributed by atoms with van der Waals surface area (Å²) in [6.07, 6.45) is 0.334. The Bertz CT molecular complexity index is 525. The zero-order valence-electron chi connectivity index (χ0n) is 13.8. The van der Waals surface area contributed by atoms with Gasteiger partial charge in [0.1, 0.15) is 5.75 Å². The zero-order chi connectivity index (χ0) is 16.3. The Labute approximate surface area is 132 Å². The first kappa shape index (κ1) is 16.6. The lowest BCUT2D eigenvalue weighted by atomic mass is 9.74. The lowest BCUT2D eigenvalue weighted by molar-refractivity contribution is -0.0108. The van der Waals surface area contributed by atoms with Crippen LogP contribution in [-0.4, -0.2) is 42.3 Å². The number of likely N-dealkylation sites (tertiary alicyclic amines) is 1. The number of nitrogens with zero attached hydrogens (tertiary/aromatic N) is 1. The van der Waals surface area contributed by atoms with E-state index in [0.717, 1.165) is 6.42 Å². The first-order valence-corrected chi connectivity index (χ1v) is 7.69. The van der Waals surface area contributed by atoms with E-state index in [0.29, 0.717) is 24.5 Å². The Morgan fingerprint density at radius 1 is 1.41 bits per heavy atom. The number of aliphatic hydroxyl groups excluding tert-OH is 1. The van der Waals surface area contributed by atoms with Crippen LogP contribution >= 0.6 is 0 Å². The lowest BCUT2D eigenvalue weighted by Crippen LogP contribution is -2.51. The fourth-order valence-corrected chi connectivity index (χ4v) is 3.03. The largest absolute Gasteiger partial charge is 0.497 e. The molecule has 1 aliphatic rings. The highest BCUT2D eigenvalue weighted by atomic mass is 16.5. The Balaban J connectivity index is 1.97. The molecule has 22 heavy (non-hydrogen) atoms. The molecule has 0 aliphatic carbocycles. The fourth-order valence-electron chi connectivity index (χ4n) is 3.03. The second kappa shape index (κ2) is 6.57. The van der Waals surface area contributed by atoms with Gasteiger partial charge < -0.3 is 20.1 Å². The number of rotatable bonds is 2. The molecule has 2 amide bonds. The Kier molecular flexibility index (Phi) is 4.96. The summed E-state index contributed by atoms with van der Waals surface area (Å²) >= 11 is 0. The molecule has 1 saturated heterocycles. The van der Waals surface area contributed by atoms with Crippen molar-refractivity contribution in [2.24, 2.45) is 11.3 Å². The Hall–Kier alpha value is -1.75. The highest BCUT2D eigenvalue weighted by Crippen LogP contribution is 2.34. The highest BCUT2D eigenvalue weighted by molar-refractivity contribution is 5.89. The van der Waals surface area contributed by atoms with Crippen LogP contribution in [-0.2, 0) is 0 Å². The van der Waals surface area contributed by atoms with Gasteiger partial charge in [-0.25, -0.2) is 4.79 Å². The van der Waals surface area contributed by atoms with Gasteiger partial charge in [-0.15, -0.1) is 0 Å². The van der Waals surface area contributed by atoms with Crippen LogP contribution in [0.25, 0.3) is 0 Å². The predicted molar refractivity (Wildman–Crippen MR) is 87.2 cm³/mol. The molecular formula is C17H26N2O3. The second-order valence-corrected chi connectivity index (χ2v) is 6.94. The predicted octanol–water partition coefficient (Wildman–Crippen LogP) is 2.96. The minimum Gasteiger partial charge on any atom is -0.497 e. The molecule has 1 aromatic carbocycles. The van der Waals surface area contributed by atoms with Gasteiger partial charge in [0.2, 0.25) is 0 Å². The molecule has 0 spiro atoms. The number of piperidine rings is 1. The molecule has 2 N–H and O–H groups in total. The van der Waals surface area contributed by atoms with Gasteiger partial charge in [-0.1, -0.05) is 26.8 Å². The average molecular weight is 306 g/mol. The first-order chi connectivity index (χ1) is 10.3. The Morgan fingerprint density at radius 2 is 2.14 bits per heavy atom. The standard InChI is InChI=1S/C17H26N2O3/c1-17(2,3)14-8-9-19(11-15(14)20)16(21)18-12-6-5-7-13(10-12)22-4/h5-7,10,14-15,20H,8-9,11H2,1-4H3,(H,18,21)/t14-,15+/m0/s1.